The first-order valence-corrected chi connectivity index (χ1v) is 7.49. The lowest BCUT2D eigenvalue weighted by atomic mass is 10.1. The fraction of sp³-hybridized carbons (Fsp3) is 0.471. The van der Waals surface area contributed by atoms with Gasteiger partial charge in [0.2, 0.25) is 5.91 Å². The SMILES string of the molecule is Cc1[nH]c2ccc(F)cc2c1CC(=O)N(C)C(C)C1CC1. The summed E-state index contributed by atoms with van der Waals surface area (Å²) >= 11 is 0. The second-order valence-corrected chi connectivity index (χ2v) is 6.18. The van der Waals surface area contributed by atoms with E-state index in [2.05, 4.69) is 11.9 Å². The van der Waals surface area contributed by atoms with E-state index < -0.39 is 0 Å². The molecule has 2 aromatic rings. The molecule has 1 atom stereocenters. The topological polar surface area (TPSA) is 36.1 Å². The number of carbonyl (C=O) groups is 1. The van der Waals surface area contributed by atoms with Crippen LogP contribution in [0.15, 0.2) is 18.2 Å². The summed E-state index contributed by atoms with van der Waals surface area (Å²) in [5.74, 6) is 0.484. The number of carbonyl (C=O) groups excluding carboxylic acids is 1. The van der Waals surface area contributed by atoms with Gasteiger partial charge in [-0.25, -0.2) is 4.39 Å². The van der Waals surface area contributed by atoms with Crippen molar-refractivity contribution in [3.63, 3.8) is 0 Å². The molecule has 1 fully saturated rings. The first-order chi connectivity index (χ1) is 9.97. The van der Waals surface area contributed by atoms with Gasteiger partial charge in [0.1, 0.15) is 5.82 Å². The minimum absolute atomic E-state index is 0.0997. The van der Waals surface area contributed by atoms with Crippen LogP contribution >= 0.6 is 0 Å². The molecule has 1 unspecified atom stereocenters. The zero-order valence-electron chi connectivity index (χ0n) is 12.7. The van der Waals surface area contributed by atoms with Crippen molar-refractivity contribution in [2.45, 2.75) is 39.2 Å². The molecule has 112 valence electrons. The lowest BCUT2D eigenvalue weighted by molar-refractivity contribution is -0.131. The number of amides is 1. The lowest BCUT2D eigenvalue weighted by Crippen LogP contribution is -2.37. The summed E-state index contributed by atoms with van der Waals surface area (Å²) in [4.78, 5) is 17.6. The van der Waals surface area contributed by atoms with Crippen molar-refractivity contribution in [3.05, 3.63) is 35.3 Å². The van der Waals surface area contributed by atoms with E-state index in [1.807, 2.05) is 18.9 Å². The Balaban J connectivity index is 1.85. The highest BCUT2D eigenvalue weighted by molar-refractivity contribution is 5.90. The predicted molar refractivity (Wildman–Crippen MR) is 81.7 cm³/mol. The molecule has 0 saturated heterocycles. The van der Waals surface area contributed by atoms with Crippen LogP contribution < -0.4 is 0 Å². The van der Waals surface area contributed by atoms with Crippen molar-refractivity contribution in [1.29, 1.82) is 0 Å². The van der Waals surface area contributed by atoms with E-state index in [1.165, 1.54) is 25.0 Å². The van der Waals surface area contributed by atoms with Gasteiger partial charge < -0.3 is 9.88 Å². The average molecular weight is 288 g/mol. The molecule has 1 heterocycles. The van der Waals surface area contributed by atoms with E-state index >= 15 is 0 Å². The highest BCUT2D eigenvalue weighted by Crippen LogP contribution is 2.35. The maximum absolute atomic E-state index is 13.5. The Morgan fingerprint density at radius 1 is 1.48 bits per heavy atom. The third kappa shape index (κ3) is 2.67. The molecule has 1 saturated carbocycles. The van der Waals surface area contributed by atoms with Crippen molar-refractivity contribution in [2.24, 2.45) is 5.92 Å². The number of aromatic amines is 1. The molecule has 4 heteroatoms. The molecule has 1 amide bonds. The van der Waals surface area contributed by atoms with Gasteiger partial charge in [-0.1, -0.05) is 0 Å². The first kappa shape index (κ1) is 14.1. The van der Waals surface area contributed by atoms with Crippen LogP contribution in [-0.2, 0) is 11.2 Å². The van der Waals surface area contributed by atoms with Crippen molar-refractivity contribution < 1.29 is 9.18 Å². The molecule has 3 nitrogen and oxygen atoms in total. The zero-order valence-corrected chi connectivity index (χ0v) is 12.7. The van der Waals surface area contributed by atoms with Gasteiger partial charge in [0, 0.05) is 29.7 Å². The number of fused-ring (bicyclic) bond motifs is 1. The Kier molecular flexibility index (Phi) is 3.47. The summed E-state index contributed by atoms with van der Waals surface area (Å²) in [6.07, 6.45) is 2.76. The number of H-pyrrole nitrogens is 1. The molecule has 1 N–H and O–H groups in total. The Labute approximate surface area is 124 Å². The predicted octanol–water partition coefficient (Wildman–Crippen LogP) is 3.41. The molecule has 21 heavy (non-hydrogen) atoms. The maximum atomic E-state index is 13.5. The molecular weight excluding hydrogens is 267 g/mol. The van der Waals surface area contributed by atoms with Crippen LogP contribution in [0.1, 0.15) is 31.0 Å². The molecule has 1 aromatic carbocycles. The summed E-state index contributed by atoms with van der Waals surface area (Å²) in [7, 11) is 1.87. The largest absolute Gasteiger partial charge is 0.358 e. The maximum Gasteiger partial charge on any atom is 0.227 e. The van der Waals surface area contributed by atoms with E-state index in [4.69, 9.17) is 0 Å². The quantitative estimate of drug-likeness (QED) is 0.919. The van der Waals surface area contributed by atoms with E-state index in [0.717, 1.165) is 22.2 Å². The number of nitrogens with zero attached hydrogens (tertiary/aromatic N) is 1. The minimum atomic E-state index is -0.269. The van der Waals surface area contributed by atoms with Gasteiger partial charge in [-0.15, -0.1) is 0 Å². The Hall–Kier alpha value is -1.84. The van der Waals surface area contributed by atoms with Crippen LogP contribution in [0.4, 0.5) is 4.39 Å². The normalized spacial score (nSPS) is 16.2. The van der Waals surface area contributed by atoms with Gasteiger partial charge in [0.15, 0.2) is 0 Å². The van der Waals surface area contributed by atoms with Crippen LogP contribution in [0.2, 0.25) is 0 Å². The number of benzene rings is 1. The van der Waals surface area contributed by atoms with Crippen LogP contribution in [-0.4, -0.2) is 28.9 Å². The second kappa shape index (κ2) is 5.17. The molecule has 1 aromatic heterocycles. The molecule has 0 bridgehead atoms. The third-order valence-corrected chi connectivity index (χ3v) is 4.72. The van der Waals surface area contributed by atoms with Crippen LogP contribution in [0.3, 0.4) is 0 Å². The zero-order chi connectivity index (χ0) is 15.1. The molecule has 0 aliphatic heterocycles. The number of halogens is 1. The summed E-state index contributed by atoms with van der Waals surface area (Å²) < 4.78 is 13.5. The lowest BCUT2D eigenvalue weighted by Gasteiger charge is -2.25. The fourth-order valence-corrected chi connectivity index (χ4v) is 2.98. The number of hydrogen-bond donors (Lipinski definition) is 1. The fourth-order valence-electron chi connectivity index (χ4n) is 2.98. The van der Waals surface area contributed by atoms with Gasteiger partial charge in [-0.3, -0.25) is 4.79 Å². The first-order valence-electron chi connectivity index (χ1n) is 7.49. The number of aryl methyl sites for hydroxylation is 1. The number of aromatic nitrogens is 1. The summed E-state index contributed by atoms with van der Waals surface area (Å²) in [5, 5.41) is 0.813. The molecule has 1 aliphatic rings. The summed E-state index contributed by atoms with van der Waals surface area (Å²) in [6, 6.07) is 4.96. The molecule has 3 rings (SSSR count). The van der Waals surface area contributed by atoms with Crippen molar-refractivity contribution in [2.75, 3.05) is 7.05 Å². The molecule has 0 radical (unpaired) electrons. The minimum Gasteiger partial charge on any atom is -0.358 e. The van der Waals surface area contributed by atoms with Gasteiger partial charge in [0.05, 0.1) is 6.42 Å². The average Bonchev–Trinajstić information content (AvgIpc) is 3.25. The monoisotopic (exact) mass is 288 g/mol. The van der Waals surface area contributed by atoms with E-state index in [0.29, 0.717) is 18.4 Å². The van der Waals surface area contributed by atoms with Gasteiger partial charge >= 0.3 is 0 Å². The van der Waals surface area contributed by atoms with Crippen molar-refractivity contribution >= 4 is 16.8 Å². The highest BCUT2D eigenvalue weighted by Gasteiger charge is 2.32. The van der Waals surface area contributed by atoms with Gasteiger partial charge in [0.25, 0.3) is 0 Å². The Morgan fingerprint density at radius 3 is 2.86 bits per heavy atom. The molecular formula is C17H21FN2O. The second-order valence-electron chi connectivity index (χ2n) is 6.18. The smallest absolute Gasteiger partial charge is 0.227 e. The third-order valence-electron chi connectivity index (χ3n) is 4.72. The van der Waals surface area contributed by atoms with E-state index in [-0.39, 0.29) is 11.7 Å². The van der Waals surface area contributed by atoms with Crippen LogP contribution in [0.5, 0.6) is 0 Å². The van der Waals surface area contributed by atoms with Gasteiger partial charge in [-0.05, 0) is 56.4 Å². The van der Waals surface area contributed by atoms with Gasteiger partial charge in [-0.2, -0.15) is 0 Å². The standard InChI is InChI=1S/C17H21FN2O/c1-10-14(15-8-13(18)6-7-16(15)19-10)9-17(21)20(3)11(2)12-4-5-12/h6-8,11-12,19H,4-5,9H2,1-3H3. The number of rotatable bonds is 4. The summed E-state index contributed by atoms with van der Waals surface area (Å²) in [5.41, 5.74) is 2.73. The Morgan fingerprint density at radius 2 is 2.19 bits per heavy atom. The highest BCUT2D eigenvalue weighted by atomic mass is 19.1. The summed E-state index contributed by atoms with van der Waals surface area (Å²) in [6.45, 7) is 4.04. The van der Waals surface area contributed by atoms with E-state index in [1.54, 1.807) is 6.07 Å². The van der Waals surface area contributed by atoms with Crippen LogP contribution in [0, 0.1) is 18.7 Å². The van der Waals surface area contributed by atoms with Crippen LogP contribution in [0.25, 0.3) is 10.9 Å². The van der Waals surface area contributed by atoms with E-state index in [9.17, 15) is 9.18 Å². The van der Waals surface area contributed by atoms with Crippen molar-refractivity contribution in [1.82, 2.24) is 9.88 Å². The number of nitrogens with one attached hydrogen (secondary N) is 1. The molecule has 1 aliphatic carbocycles. The number of hydrogen-bond acceptors (Lipinski definition) is 1. The molecule has 0 spiro atoms. The van der Waals surface area contributed by atoms with Crippen molar-refractivity contribution in [3.8, 4) is 0 Å². The Bertz CT molecular complexity index is 687. The number of likely N-dealkylation sites (N-methyl/N-ethyl adjacent to an activating group) is 1.